The summed E-state index contributed by atoms with van der Waals surface area (Å²) in [5, 5.41) is 4.02. The van der Waals surface area contributed by atoms with Crippen molar-refractivity contribution in [3.63, 3.8) is 0 Å². The lowest BCUT2D eigenvalue weighted by Crippen LogP contribution is -2.29. The Kier molecular flexibility index (Phi) is 18.3. The first kappa shape index (κ1) is 32.8. The predicted octanol–water partition coefficient (Wildman–Crippen LogP) is 7.29. The van der Waals surface area contributed by atoms with Crippen LogP contribution in [0.25, 0.3) is 0 Å². The highest BCUT2D eigenvalue weighted by Crippen LogP contribution is 2.37. The van der Waals surface area contributed by atoms with Gasteiger partial charge in [0.2, 0.25) is 0 Å². The van der Waals surface area contributed by atoms with E-state index in [1.54, 1.807) is 19.2 Å². The van der Waals surface area contributed by atoms with Gasteiger partial charge < -0.3 is 19.7 Å². The molecule has 34 heavy (non-hydrogen) atoms. The Balaban J connectivity index is 0.00000544. The first-order valence-electron chi connectivity index (χ1n) is 11.7. The summed E-state index contributed by atoms with van der Waals surface area (Å²) in [7, 11) is 1.61. The van der Waals surface area contributed by atoms with E-state index in [2.05, 4.69) is 24.1 Å². The van der Waals surface area contributed by atoms with E-state index in [9.17, 15) is 4.39 Å². The highest BCUT2D eigenvalue weighted by molar-refractivity contribution is 6.32. The lowest BCUT2D eigenvalue weighted by Gasteiger charge is -2.22. The Hall–Kier alpha value is -1.24. The van der Waals surface area contributed by atoms with Gasteiger partial charge in [-0.15, -0.1) is 24.8 Å². The third-order valence-corrected chi connectivity index (χ3v) is 5.68. The lowest BCUT2D eigenvalue weighted by molar-refractivity contribution is 0.261. The molecule has 0 heterocycles. The van der Waals surface area contributed by atoms with E-state index in [1.165, 1.54) is 50.9 Å². The third kappa shape index (κ3) is 11.9. The van der Waals surface area contributed by atoms with Crippen LogP contribution >= 0.6 is 36.4 Å². The minimum atomic E-state index is -0.268. The molecule has 0 spiro atoms. The molecule has 0 atom stereocenters. The number of hydrogen-bond donors (Lipinski definition) is 1. The number of ether oxygens (including phenoxy) is 2. The van der Waals surface area contributed by atoms with Gasteiger partial charge in [-0.1, -0.05) is 50.4 Å². The molecule has 194 valence electrons. The van der Waals surface area contributed by atoms with Crippen molar-refractivity contribution in [3.05, 3.63) is 58.4 Å². The summed E-state index contributed by atoms with van der Waals surface area (Å²) < 4.78 is 24.4. The molecule has 2 rings (SSSR count). The molecule has 0 unspecified atom stereocenters. The van der Waals surface area contributed by atoms with Crippen LogP contribution in [0.1, 0.15) is 57.1 Å². The van der Waals surface area contributed by atoms with E-state index in [4.69, 9.17) is 21.1 Å². The molecule has 2 aromatic carbocycles. The maximum atomic E-state index is 13.1. The van der Waals surface area contributed by atoms with Crippen molar-refractivity contribution in [1.82, 2.24) is 10.2 Å². The minimum absolute atomic E-state index is 0. The number of nitrogens with one attached hydrogen (secondary N) is 1. The van der Waals surface area contributed by atoms with Crippen molar-refractivity contribution in [3.8, 4) is 11.5 Å². The van der Waals surface area contributed by atoms with Crippen molar-refractivity contribution in [1.29, 1.82) is 0 Å². The summed E-state index contributed by atoms with van der Waals surface area (Å²) in [5.74, 6) is 0.835. The lowest BCUT2D eigenvalue weighted by atomic mass is 10.2. The van der Waals surface area contributed by atoms with Gasteiger partial charge in [0.15, 0.2) is 11.5 Å². The molecule has 0 amide bonds. The normalized spacial score (nSPS) is 10.5. The van der Waals surface area contributed by atoms with E-state index in [0.717, 1.165) is 37.2 Å². The van der Waals surface area contributed by atoms with Gasteiger partial charge in [0.1, 0.15) is 12.4 Å². The van der Waals surface area contributed by atoms with Crippen LogP contribution in [0.15, 0.2) is 36.4 Å². The summed E-state index contributed by atoms with van der Waals surface area (Å²) in [5.41, 5.74) is 1.91. The average molecular weight is 538 g/mol. The topological polar surface area (TPSA) is 33.7 Å². The number of rotatable bonds is 16. The quantitative estimate of drug-likeness (QED) is 0.228. The number of halogens is 4. The fourth-order valence-electron chi connectivity index (χ4n) is 3.51. The summed E-state index contributed by atoms with van der Waals surface area (Å²) in [6.07, 6.45) is 6.15. The standard InChI is InChI=1S/C26H38ClFN2O2.2ClH/c1-4-6-14-30(15-7-5-2)16-8-13-29-19-22-17-24(27)26(25(18-22)31-3)32-20-21-9-11-23(28)12-10-21;;/h9-12,17-18,29H,4-8,13-16,19-20H2,1-3H3;2*1H. The van der Waals surface area contributed by atoms with Gasteiger partial charge in [-0.25, -0.2) is 4.39 Å². The molecule has 0 radical (unpaired) electrons. The van der Waals surface area contributed by atoms with Crippen LogP contribution in [-0.4, -0.2) is 38.2 Å². The molecule has 1 N–H and O–H groups in total. The van der Waals surface area contributed by atoms with Crippen molar-refractivity contribution >= 4 is 36.4 Å². The van der Waals surface area contributed by atoms with Crippen LogP contribution in [0.2, 0.25) is 5.02 Å². The molecule has 0 aliphatic heterocycles. The van der Waals surface area contributed by atoms with E-state index >= 15 is 0 Å². The summed E-state index contributed by atoms with van der Waals surface area (Å²) in [4.78, 5) is 2.59. The molecule has 2 aromatic rings. The Bertz CT molecular complexity index is 786. The van der Waals surface area contributed by atoms with Crippen LogP contribution in [0.3, 0.4) is 0 Å². The highest BCUT2D eigenvalue weighted by atomic mass is 35.5. The van der Waals surface area contributed by atoms with Crippen LogP contribution in [-0.2, 0) is 13.2 Å². The first-order valence-corrected chi connectivity index (χ1v) is 12.1. The first-order chi connectivity index (χ1) is 15.6. The summed E-state index contributed by atoms with van der Waals surface area (Å²) in [6.45, 7) is 9.99. The molecular weight excluding hydrogens is 498 g/mol. The van der Waals surface area contributed by atoms with E-state index in [1.807, 2.05) is 12.1 Å². The Labute approximate surface area is 222 Å². The number of hydrogen-bond acceptors (Lipinski definition) is 4. The zero-order chi connectivity index (χ0) is 23.2. The fraction of sp³-hybridized carbons (Fsp3) is 0.538. The molecular formula is C26H40Cl3FN2O2. The largest absolute Gasteiger partial charge is 0.493 e. The second kappa shape index (κ2) is 19.0. The van der Waals surface area contributed by atoms with Crippen LogP contribution < -0.4 is 14.8 Å². The average Bonchev–Trinajstić information content (AvgIpc) is 2.80. The smallest absolute Gasteiger partial charge is 0.180 e. The molecule has 0 saturated heterocycles. The molecule has 0 aromatic heterocycles. The van der Waals surface area contributed by atoms with E-state index < -0.39 is 0 Å². The minimum Gasteiger partial charge on any atom is -0.493 e. The molecule has 4 nitrogen and oxygen atoms in total. The monoisotopic (exact) mass is 536 g/mol. The van der Waals surface area contributed by atoms with Gasteiger partial charge in [-0.2, -0.15) is 0 Å². The van der Waals surface area contributed by atoms with Gasteiger partial charge >= 0.3 is 0 Å². The second-order valence-corrected chi connectivity index (χ2v) is 8.51. The Morgan fingerprint density at radius 1 is 0.912 bits per heavy atom. The summed E-state index contributed by atoms with van der Waals surface area (Å²) in [6, 6.07) is 10.1. The Morgan fingerprint density at radius 2 is 1.53 bits per heavy atom. The zero-order valence-corrected chi connectivity index (χ0v) is 23.0. The highest BCUT2D eigenvalue weighted by Gasteiger charge is 2.13. The van der Waals surface area contributed by atoms with Gasteiger partial charge in [0.05, 0.1) is 12.1 Å². The number of unbranched alkanes of at least 4 members (excludes halogenated alkanes) is 2. The number of benzene rings is 2. The number of methoxy groups -OCH3 is 1. The van der Waals surface area contributed by atoms with Gasteiger partial charge in [0, 0.05) is 6.54 Å². The predicted molar refractivity (Wildman–Crippen MR) is 146 cm³/mol. The molecule has 0 aliphatic rings. The van der Waals surface area contributed by atoms with Gasteiger partial charge in [-0.05, 0) is 80.8 Å². The van der Waals surface area contributed by atoms with Crippen molar-refractivity contribution in [2.75, 3.05) is 33.3 Å². The van der Waals surface area contributed by atoms with Crippen LogP contribution in [0, 0.1) is 5.82 Å². The van der Waals surface area contributed by atoms with Gasteiger partial charge in [0.25, 0.3) is 0 Å². The third-order valence-electron chi connectivity index (χ3n) is 5.40. The SMILES string of the molecule is CCCCN(CCCC)CCCNCc1cc(Cl)c(OCc2ccc(F)cc2)c(OC)c1.Cl.Cl. The molecule has 0 aliphatic carbocycles. The second-order valence-electron chi connectivity index (χ2n) is 8.10. The number of nitrogens with zero attached hydrogens (tertiary/aromatic N) is 1. The molecule has 8 heteroatoms. The zero-order valence-electron chi connectivity index (χ0n) is 20.6. The fourth-order valence-corrected chi connectivity index (χ4v) is 3.80. The van der Waals surface area contributed by atoms with E-state index in [-0.39, 0.29) is 30.6 Å². The van der Waals surface area contributed by atoms with Crippen molar-refractivity contribution in [2.24, 2.45) is 0 Å². The Morgan fingerprint density at radius 3 is 2.12 bits per heavy atom. The van der Waals surface area contributed by atoms with Crippen LogP contribution in [0.5, 0.6) is 11.5 Å². The van der Waals surface area contributed by atoms with Crippen molar-refractivity contribution < 1.29 is 13.9 Å². The molecule has 0 fully saturated rings. The van der Waals surface area contributed by atoms with Crippen LogP contribution in [0.4, 0.5) is 4.39 Å². The summed E-state index contributed by atoms with van der Waals surface area (Å²) >= 11 is 6.48. The maximum Gasteiger partial charge on any atom is 0.180 e. The van der Waals surface area contributed by atoms with Crippen molar-refractivity contribution in [2.45, 2.75) is 59.1 Å². The molecule has 0 bridgehead atoms. The van der Waals surface area contributed by atoms with Gasteiger partial charge in [-0.3, -0.25) is 0 Å². The molecule has 0 saturated carbocycles. The van der Waals surface area contributed by atoms with E-state index in [0.29, 0.717) is 23.1 Å². The maximum absolute atomic E-state index is 13.1.